The number of carbonyl (C=O) groups excluding carboxylic acids is 3. The zero-order valence-corrected chi connectivity index (χ0v) is 25.3. The Balaban J connectivity index is 1.85. The van der Waals surface area contributed by atoms with Gasteiger partial charge in [-0.1, -0.05) is 69.8 Å². The van der Waals surface area contributed by atoms with E-state index in [0.717, 1.165) is 18.4 Å². The number of hydrogen-bond donors (Lipinski definition) is 1. The van der Waals surface area contributed by atoms with Gasteiger partial charge in [0.1, 0.15) is 12.6 Å². The van der Waals surface area contributed by atoms with Gasteiger partial charge in [-0.25, -0.2) is 0 Å². The Bertz CT molecular complexity index is 1150. The quantitative estimate of drug-likeness (QED) is 0.306. The van der Waals surface area contributed by atoms with Crippen LogP contribution in [0.15, 0.2) is 55.6 Å². The first-order valence-corrected chi connectivity index (χ1v) is 15.1. The lowest BCUT2D eigenvalue weighted by Gasteiger charge is -2.46. The largest absolute Gasteiger partial charge is 0.461 e. The number of thioether (sulfide) groups is 1. The van der Waals surface area contributed by atoms with E-state index in [9.17, 15) is 19.5 Å². The molecule has 0 radical (unpaired) electrons. The number of fused-ring (bicyclic) bond motifs is 1. The number of esters is 1. The fourth-order valence-corrected chi connectivity index (χ4v) is 9.73. The zero-order valence-electron chi connectivity index (χ0n) is 24.5. The summed E-state index contributed by atoms with van der Waals surface area (Å²) in [5, 5.41) is 10.6. The van der Waals surface area contributed by atoms with E-state index in [2.05, 4.69) is 47.8 Å². The average Bonchev–Trinajstić information content (AvgIpc) is 3.53. The summed E-state index contributed by atoms with van der Waals surface area (Å²) in [6, 6.07) is 7.78. The van der Waals surface area contributed by atoms with Crippen LogP contribution in [0.5, 0.6) is 0 Å². The van der Waals surface area contributed by atoms with E-state index in [1.165, 1.54) is 6.08 Å². The average molecular weight is 569 g/mol. The van der Waals surface area contributed by atoms with Crippen molar-refractivity contribution in [1.82, 2.24) is 9.80 Å². The molecule has 0 aliphatic carbocycles. The number of rotatable bonds is 11. The Morgan fingerprint density at radius 2 is 1.88 bits per heavy atom. The van der Waals surface area contributed by atoms with Crippen molar-refractivity contribution in [1.29, 1.82) is 0 Å². The van der Waals surface area contributed by atoms with Crippen molar-refractivity contribution < 1.29 is 24.2 Å². The molecule has 40 heavy (non-hydrogen) atoms. The third-order valence-electron chi connectivity index (χ3n) is 8.55. The maximum atomic E-state index is 14.9. The van der Waals surface area contributed by atoms with Crippen molar-refractivity contribution >= 4 is 29.5 Å². The van der Waals surface area contributed by atoms with E-state index >= 15 is 0 Å². The van der Waals surface area contributed by atoms with Crippen molar-refractivity contribution in [3.8, 4) is 0 Å². The summed E-state index contributed by atoms with van der Waals surface area (Å²) >= 11 is 1.60. The van der Waals surface area contributed by atoms with Crippen LogP contribution in [0.3, 0.4) is 0 Å². The molecule has 3 aliphatic rings. The van der Waals surface area contributed by atoms with Gasteiger partial charge < -0.3 is 19.6 Å². The summed E-state index contributed by atoms with van der Waals surface area (Å²) in [4.78, 5) is 46.2. The molecule has 3 heterocycles. The van der Waals surface area contributed by atoms with Crippen LogP contribution >= 0.6 is 11.8 Å². The number of nitrogens with zero attached hydrogens (tertiary/aromatic N) is 2. The van der Waals surface area contributed by atoms with Gasteiger partial charge in [0.15, 0.2) is 0 Å². The van der Waals surface area contributed by atoms with Crippen molar-refractivity contribution in [3.63, 3.8) is 0 Å². The third kappa shape index (κ3) is 5.25. The number of aliphatic hydroxyl groups excluding tert-OH is 1. The molecule has 1 aromatic rings. The van der Waals surface area contributed by atoms with E-state index in [4.69, 9.17) is 4.74 Å². The van der Waals surface area contributed by atoms with Gasteiger partial charge in [-0.2, -0.15) is 0 Å². The number of benzene rings is 1. The van der Waals surface area contributed by atoms with Crippen molar-refractivity contribution in [3.05, 3.63) is 61.2 Å². The molecule has 1 N–H and O–H groups in total. The monoisotopic (exact) mass is 568 g/mol. The van der Waals surface area contributed by atoms with Crippen LogP contribution in [-0.4, -0.2) is 74.0 Å². The summed E-state index contributed by atoms with van der Waals surface area (Å²) in [7, 11) is 0. The summed E-state index contributed by atoms with van der Waals surface area (Å²) < 4.78 is 4.70. The summed E-state index contributed by atoms with van der Waals surface area (Å²) in [5.41, 5.74) is 0.174. The Morgan fingerprint density at radius 3 is 2.45 bits per heavy atom. The Hall–Kier alpha value is -2.58. The molecule has 1 spiro atoms. The van der Waals surface area contributed by atoms with Crippen LogP contribution in [0.1, 0.15) is 65.5 Å². The number of likely N-dealkylation sites (tertiary alicyclic amines) is 1. The van der Waals surface area contributed by atoms with Gasteiger partial charge in [-0.15, -0.1) is 18.3 Å². The minimum atomic E-state index is -0.839. The molecule has 6 atom stereocenters. The van der Waals surface area contributed by atoms with E-state index in [0.29, 0.717) is 13.0 Å². The van der Waals surface area contributed by atoms with Gasteiger partial charge in [0.2, 0.25) is 11.8 Å². The topological polar surface area (TPSA) is 87.1 Å². The smallest absolute Gasteiger partial charge is 0.311 e. The molecule has 8 heteroatoms. The molecular formula is C32H44N2O5S. The molecule has 0 saturated carbocycles. The summed E-state index contributed by atoms with van der Waals surface area (Å²) in [6.45, 7) is 18.2. The van der Waals surface area contributed by atoms with Gasteiger partial charge in [-0.05, 0) is 44.1 Å². The van der Waals surface area contributed by atoms with Crippen molar-refractivity contribution in [2.24, 2.45) is 17.3 Å². The molecule has 0 aromatic heterocycles. The molecule has 3 aliphatic heterocycles. The SMILES string of the molecule is C=CCOC(=O)[C@@H]1[C@H]2C(=O)N([C@H](CO)c3ccccc3)C(C(=O)N(CC=C)C(C)(C)CC(C)(C)C)C23CC[C@H]1S3. The predicted octanol–water partition coefficient (Wildman–Crippen LogP) is 4.77. The highest BCUT2D eigenvalue weighted by atomic mass is 32.2. The molecule has 2 amide bonds. The van der Waals surface area contributed by atoms with E-state index in [-0.39, 0.29) is 35.7 Å². The van der Waals surface area contributed by atoms with Crippen LogP contribution in [-0.2, 0) is 19.1 Å². The second-order valence-electron chi connectivity index (χ2n) is 13.1. The first kappa shape index (κ1) is 30.4. The molecule has 4 rings (SSSR count). The first-order valence-electron chi connectivity index (χ1n) is 14.2. The van der Waals surface area contributed by atoms with Gasteiger partial charge >= 0.3 is 5.97 Å². The lowest BCUT2D eigenvalue weighted by molar-refractivity contribution is -0.153. The molecule has 7 nitrogen and oxygen atoms in total. The molecule has 2 unspecified atom stereocenters. The maximum Gasteiger partial charge on any atom is 0.311 e. The second kappa shape index (κ2) is 11.4. The van der Waals surface area contributed by atoms with E-state index < -0.39 is 40.2 Å². The highest BCUT2D eigenvalue weighted by Gasteiger charge is 2.75. The van der Waals surface area contributed by atoms with Crippen molar-refractivity contribution in [2.45, 2.75) is 81.5 Å². The standard InChI is InChI=1S/C32H44N2O5S/c1-8-17-33(31(6,7)20-30(3,4)5)28(37)26-32-16-15-23(40-32)24(29(38)39-18-9-2)25(32)27(36)34(26)22(19-35)21-13-11-10-12-14-21/h8-14,22-26,35H,1-2,15-20H2,3-7H3/t22-,23-,24+,25+,26?,32?/m1/s1. The molecule has 3 saturated heterocycles. The van der Waals surface area contributed by atoms with E-state index in [1.54, 1.807) is 22.7 Å². The number of carbonyl (C=O) groups is 3. The summed E-state index contributed by atoms with van der Waals surface area (Å²) in [5.74, 6) is -2.17. The van der Waals surface area contributed by atoms with Gasteiger partial charge in [0.25, 0.3) is 0 Å². The number of amides is 2. The fourth-order valence-electron chi connectivity index (χ4n) is 7.55. The van der Waals surface area contributed by atoms with Gasteiger partial charge in [0.05, 0.1) is 29.2 Å². The molecule has 2 bridgehead atoms. The third-order valence-corrected chi connectivity index (χ3v) is 10.5. The lowest BCUT2D eigenvalue weighted by Crippen LogP contribution is -2.60. The fraction of sp³-hybridized carbons (Fsp3) is 0.594. The molecule has 218 valence electrons. The Morgan fingerprint density at radius 1 is 1.20 bits per heavy atom. The lowest BCUT2D eigenvalue weighted by atomic mass is 9.71. The van der Waals surface area contributed by atoms with Crippen LogP contribution in [0.25, 0.3) is 0 Å². The van der Waals surface area contributed by atoms with E-state index in [1.807, 2.05) is 35.2 Å². The zero-order chi connectivity index (χ0) is 29.5. The normalized spacial score (nSPS) is 28.2. The minimum absolute atomic E-state index is 0.0482. The minimum Gasteiger partial charge on any atom is -0.461 e. The van der Waals surface area contributed by atoms with Gasteiger partial charge in [-0.3, -0.25) is 14.4 Å². The molecule has 3 fully saturated rings. The highest BCUT2D eigenvalue weighted by molar-refractivity contribution is 8.02. The number of aliphatic hydroxyl groups is 1. The molecule has 1 aromatic carbocycles. The molecular weight excluding hydrogens is 524 g/mol. The number of hydrogen-bond acceptors (Lipinski definition) is 6. The second-order valence-corrected chi connectivity index (χ2v) is 14.7. The maximum absolute atomic E-state index is 14.9. The van der Waals surface area contributed by atoms with Crippen LogP contribution in [0.4, 0.5) is 0 Å². The van der Waals surface area contributed by atoms with Crippen LogP contribution in [0, 0.1) is 17.3 Å². The number of ether oxygens (including phenoxy) is 1. The predicted molar refractivity (Wildman–Crippen MR) is 158 cm³/mol. The summed E-state index contributed by atoms with van der Waals surface area (Å²) in [6.07, 6.45) is 5.36. The van der Waals surface area contributed by atoms with Gasteiger partial charge in [0, 0.05) is 17.3 Å². The first-order chi connectivity index (χ1) is 18.8. The Labute approximate surface area is 243 Å². The van der Waals surface area contributed by atoms with Crippen LogP contribution < -0.4 is 0 Å². The Kier molecular flexibility index (Phi) is 8.63. The van der Waals surface area contributed by atoms with Crippen LogP contribution in [0.2, 0.25) is 0 Å². The van der Waals surface area contributed by atoms with Crippen molar-refractivity contribution in [2.75, 3.05) is 19.8 Å². The highest BCUT2D eigenvalue weighted by Crippen LogP contribution is 2.67.